The Morgan fingerprint density at radius 3 is 2.12 bits per heavy atom. The molecule has 0 aliphatic heterocycles. The van der Waals surface area contributed by atoms with Gasteiger partial charge in [0.2, 0.25) is 0 Å². The highest BCUT2D eigenvalue weighted by molar-refractivity contribution is 7.08. The summed E-state index contributed by atoms with van der Waals surface area (Å²) in [4.78, 5) is 17.8. The van der Waals surface area contributed by atoms with Crippen LogP contribution in [0.4, 0.5) is 0 Å². The van der Waals surface area contributed by atoms with E-state index in [-0.39, 0.29) is 6.61 Å². The second-order valence-electron chi connectivity index (χ2n) is 7.21. The van der Waals surface area contributed by atoms with E-state index in [2.05, 4.69) is 10.4 Å². The monoisotopic (exact) mass is 440 g/mol. The molecule has 160 valence electrons. The molecule has 2 heterocycles. The van der Waals surface area contributed by atoms with Crippen LogP contribution in [0.25, 0.3) is 16.8 Å². The van der Waals surface area contributed by atoms with Crippen LogP contribution >= 0.6 is 11.3 Å². The van der Waals surface area contributed by atoms with Crippen LogP contribution in [0.2, 0.25) is 0 Å². The molecule has 2 N–H and O–H groups in total. The summed E-state index contributed by atoms with van der Waals surface area (Å²) in [6.45, 7) is 2.06. The van der Waals surface area contributed by atoms with Gasteiger partial charge in [-0.2, -0.15) is 11.3 Å². The summed E-state index contributed by atoms with van der Waals surface area (Å²) >= 11 is 1.63. The van der Waals surface area contributed by atoms with Crippen LogP contribution in [-0.2, 0) is 9.53 Å². The smallest absolute Gasteiger partial charge is 0.336 e. The molecule has 0 saturated carbocycles. The fraction of sp³-hybridized carbons (Fsp3) is 0.111. The first-order valence-electron chi connectivity index (χ1n) is 10.4. The van der Waals surface area contributed by atoms with Crippen LogP contribution < -0.4 is 5.73 Å². The number of thiophene rings is 1. The van der Waals surface area contributed by atoms with Crippen LogP contribution in [0, 0.1) is 0 Å². The highest BCUT2D eigenvalue weighted by Crippen LogP contribution is 2.34. The Balaban J connectivity index is 1.86. The zero-order valence-electron chi connectivity index (χ0n) is 17.8. The molecule has 5 heteroatoms. The van der Waals surface area contributed by atoms with Gasteiger partial charge in [-0.05, 0) is 41.1 Å². The van der Waals surface area contributed by atoms with E-state index in [9.17, 15) is 4.79 Å². The third-order valence-electron chi connectivity index (χ3n) is 5.16. The number of carbonyl (C=O) groups excluding carboxylic acids is 1. The van der Waals surface area contributed by atoms with Gasteiger partial charge in [-0.1, -0.05) is 66.7 Å². The van der Waals surface area contributed by atoms with E-state index in [1.54, 1.807) is 24.5 Å². The van der Waals surface area contributed by atoms with Crippen LogP contribution in [0.5, 0.6) is 0 Å². The number of hydrogen-bond acceptors (Lipinski definition) is 5. The maximum Gasteiger partial charge on any atom is 0.336 e. The van der Waals surface area contributed by atoms with Crippen molar-refractivity contribution in [2.24, 2.45) is 5.73 Å². The molecule has 2 aromatic heterocycles. The molecule has 2 aromatic carbocycles. The van der Waals surface area contributed by atoms with Crippen molar-refractivity contribution in [3.63, 3.8) is 0 Å². The zero-order valence-corrected chi connectivity index (χ0v) is 18.6. The molecule has 0 radical (unpaired) electrons. The van der Waals surface area contributed by atoms with E-state index in [0.717, 1.165) is 33.5 Å². The average molecular weight is 441 g/mol. The highest BCUT2D eigenvalue weighted by atomic mass is 32.1. The van der Waals surface area contributed by atoms with Crippen LogP contribution in [0.3, 0.4) is 0 Å². The molecule has 4 nitrogen and oxygen atoms in total. The lowest BCUT2D eigenvalue weighted by atomic mass is 9.87. The van der Waals surface area contributed by atoms with E-state index in [0.29, 0.717) is 5.57 Å². The fourth-order valence-electron chi connectivity index (χ4n) is 3.62. The zero-order chi connectivity index (χ0) is 22.3. The standard InChI is InChI=1S/C27H24N2O2S/c1-2-31-27(30)25(24(19-9-5-3-6-10-19)20-11-7-4-8-12-20)26(28)21-13-14-23(29-17-21)22-15-16-32-18-22/h3-18,26H,2,28H2,1H3. The predicted molar refractivity (Wildman–Crippen MR) is 130 cm³/mol. The number of esters is 1. The molecule has 1 unspecified atom stereocenters. The van der Waals surface area contributed by atoms with Gasteiger partial charge in [-0.25, -0.2) is 4.79 Å². The lowest BCUT2D eigenvalue weighted by Gasteiger charge is -2.21. The molecule has 4 rings (SSSR count). The Hall–Kier alpha value is -3.54. The minimum atomic E-state index is -0.700. The first-order chi connectivity index (χ1) is 15.7. The van der Waals surface area contributed by atoms with Gasteiger partial charge < -0.3 is 10.5 Å². The van der Waals surface area contributed by atoms with Crippen molar-refractivity contribution in [3.05, 3.63) is 118 Å². The van der Waals surface area contributed by atoms with Gasteiger partial charge in [0.15, 0.2) is 0 Å². The molecule has 0 bridgehead atoms. The third-order valence-corrected chi connectivity index (χ3v) is 5.85. The number of rotatable bonds is 7. The van der Waals surface area contributed by atoms with Crippen molar-refractivity contribution in [2.45, 2.75) is 13.0 Å². The summed E-state index contributed by atoms with van der Waals surface area (Å²) in [6, 6.07) is 24.8. The normalized spacial score (nSPS) is 11.6. The molecule has 0 fully saturated rings. The van der Waals surface area contributed by atoms with Crippen LogP contribution in [0.1, 0.15) is 29.7 Å². The second-order valence-corrected chi connectivity index (χ2v) is 7.99. The molecule has 0 aliphatic carbocycles. The number of aromatic nitrogens is 1. The molecule has 0 spiro atoms. The maximum absolute atomic E-state index is 13.2. The van der Waals surface area contributed by atoms with Crippen molar-refractivity contribution >= 4 is 22.9 Å². The molecule has 0 saturated heterocycles. The Kier molecular flexibility index (Phi) is 6.90. The minimum absolute atomic E-state index is 0.265. The number of nitrogens with two attached hydrogens (primary N) is 1. The molecular weight excluding hydrogens is 416 g/mol. The quantitative estimate of drug-likeness (QED) is 0.288. The number of hydrogen-bond donors (Lipinski definition) is 1. The van der Waals surface area contributed by atoms with Gasteiger partial charge >= 0.3 is 5.97 Å². The first-order valence-corrected chi connectivity index (χ1v) is 11.4. The summed E-state index contributed by atoms with van der Waals surface area (Å²) in [5.41, 5.74) is 12.4. The van der Waals surface area contributed by atoms with Gasteiger partial charge in [0.25, 0.3) is 0 Å². The average Bonchev–Trinajstić information content (AvgIpc) is 3.38. The third kappa shape index (κ3) is 4.69. The van der Waals surface area contributed by atoms with Gasteiger partial charge in [0.05, 0.1) is 23.9 Å². The maximum atomic E-state index is 13.2. The topological polar surface area (TPSA) is 65.2 Å². The predicted octanol–water partition coefficient (Wildman–Crippen LogP) is 5.88. The Bertz CT molecular complexity index is 1140. The Labute approximate surface area is 192 Å². The van der Waals surface area contributed by atoms with E-state index in [4.69, 9.17) is 10.5 Å². The highest BCUT2D eigenvalue weighted by Gasteiger charge is 2.27. The summed E-state index contributed by atoms with van der Waals surface area (Å²) in [5.74, 6) is -0.426. The number of nitrogens with zero attached hydrogens (tertiary/aromatic N) is 1. The summed E-state index contributed by atoms with van der Waals surface area (Å²) < 4.78 is 5.46. The number of benzene rings is 2. The van der Waals surface area contributed by atoms with Crippen LogP contribution in [-0.4, -0.2) is 17.6 Å². The number of ether oxygens (including phenoxy) is 1. The van der Waals surface area contributed by atoms with Gasteiger partial charge in [-0.15, -0.1) is 0 Å². The van der Waals surface area contributed by atoms with Crippen molar-refractivity contribution in [1.29, 1.82) is 0 Å². The Morgan fingerprint density at radius 1 is 0.969 bits per heavy atom. The second kappa shape index (κ2) is 10.2. The van der Waals surface area contributed by atoms with Crippen molar-refractivity contribution in [3.8, 4) is 11.3 Å². The molecule has 1 atom stereocenters. The molecule has 0 aliphatic rings. The van der Waals surface area contributed by atoms with Gasteiger partial charge in [0.1, 0.15) is 0 Å². The summed E-state index contributed by atoms with van der Waals surface area (Å²) in [7, 11) is 0. The van der Waals surface area contributed by atoms with Crippen molar-refractivity contribution in [1.82, 2.24) is 4.98 Å². The SMILES string of the molecule is CCOC(=O)C(=C(c1ccccc1)c1ccccc1)C(N)c1ccc(-c2ccsc2)nc1. The van der Waals surface area contributed by atoms with E-state index >= 15 is 0 Å². The van der Waals surface area contributed by atoms with E-state index in [1.165, 1.54) is 0 Å². The molecule has 0 amide bonds. The van der Waals surface area contributed by atoms with Gasteiger partial charge in [0, 0.05) is 22.7 Å². The molecule has 4 aromatic rings. The van der Waals surface area contributed by atoms with Crippen molar-refractivity contribution in [2.75, 3.05) is 6.61 Å². The lowest BCUT2D eigenvalue weighted by molar-refractivity contribution is -0.138. The molecule has 32 heavy (non-hydrogen) atoms. The fourth-order valence-corrected chi connectivity index (χ4v) is 4.27. The summed E-state index contributed by atoms with van der Waals surface area (Å²) in [6.07, 6.45) is 1.74. The minimum Gasteiger partial charge on any atom is -0.463 e. The number of carbonyl (C=O) groups is 1. The number of pyridine rings is 1. The van der Waals surface area contributed by atoms with E-state index < -0.39 is 12.0 Å². The Morgan fingerprint density at radius 2 is 1.62 bits per heavy atom. The lowest BCUT2D eigenvalue weighted by Crippen LogP contribution is -2.23. The summed E-state index contributed by atoms with van der Waals surface area (Å²) in [5, 5.41) is 4.07. The van der Waals surface area contributed by atoms with Crippen molar-refractivity contribution < 1.29 is 9.53 Å². The van der Waals surface area contributed by atoms with E-state index in [1.807, 2.05) is 84.2 Å². The molecular formula is C27H24N2O2S. The van der Waals surface area contributed by atoms with Crippen LogP contribution in [0.15, 0.2) is 101 Å². The largest absolute Gasteiger partial charge is 0.463 e. The first kappa shape index (κ1) is 21.7. The van der Waals surface area contributed by atoms with Gasteiger partial charge in [-0.3, -0.25) is 4.98 Å².